The molecule has 2 aliphatic heterocycles. The van der Waals surface area contributed by atoms with E-state index in [9.17, 15) is 14.4 Å². The van der Waals surface area contributed by atoms with Crippen LogP contribution in [0.3, 0.4) is 0 Å². The van der Waals surface area contributed by atoms with E-state index in [0.717, 1.165) is 18.8 Å². The van der Waals surface area contributed by atoms with Crippen molar-refractivity contribution in [2.24, 2.45) is 0 Å². The van der Waals surface area contributed by atoms with E-state index in [-0.39, 0.29) is 24.1 Å². The van der Waals surface area contributed by atoms with Gasteiger partial charge in [-0.1, -0.05) is 24.3 Å². The lowest BCUT2D eigenvalue weighted by Gasteiger charge is -2.38. The molecule has 0 aliphatic carbocycles. The molecule has 2 heterocycles. The number of rotatable bonds is 4. The predicted octanol–water partition coefficient (Wildman–Crippen LogP) is 0.628. The van der Waals surface area contributed by atoms with Gasteiger partial charge in [-0.3, -0.25) is 14.4 Å². The highest BCUT2D eigenvalue weighted by Gasteiger charge is 2.35. The summed E-state index contributed by atoms with van der Waals surface area (Å²) in [5.74, 6) is -0.558. The molecule has 3 rings (SSSR count). The smallest absolute Gasteiger partial charge is 0.246 e. The van der Waals surface area contributed by atoms with E-state index < -0.39 is 6.04 Å². The van der Waals surface area contributed by atoms with Crippen molar-refractivity contribution in [2.75, 3.05) is 44.2 Å². The van der Waals surface area contributed by atoms with Crippen LogP contribution in [-0.2, 0) is 14.4 Å². The third kappa shape index (κ3) is 4.48. The molecule has 2 aliphatic rings. The third-order valence-corrected chi connectivity index (χ3v) is 5.04. The van der Waals surface area contributed by atoms with Crippen LogP contribution in [0.4, 0.5) is 5.69 Å². The summed E-state index contributed by atoms with van der Waals surface area (Å²) in [6, 6.07) is 9.39. The van der Waals surface area contributed by atoms with Crippen molar-refractivity contribution in [3.63, 3.8) is 0 Å². The second-order valence-electron chi connectivity index (χ2n) is 6.75. The molecule has 144 valence electrons. The van der Waals surface area contributed by atoms with E-state index in [1.165, 1.54) is 11.0 Å². The molecule has 2 saturated heterocycles. The van der Waals surface area contributed by atoms with Crippen molar-refractivity contribution in [3.8, 4) is 0 Å². The molecule has 1 aromatic carbocycles. The Kier molecular flexibility index (Phi) is 6.11. The van der Waals surface area contributed by atoms with Crippen molar-refractivity contribution in [2.45, 2.75) is 19.4 Å². The number of nitrogens with zero attached hydrogens (tertiary/aromatic N) is 3. The van der Waals surface area contributed by atoms with E-state index >= 15 is 0 Å². The Morgan fingerprint density at radius 2 is 1.81 bits per heavy atom. The molecule has 0 spiro atoms. The van der Waals surface area contributed by atoms with Gasteiger partial charge >= 0.3 is 0 Å². The maximum Gasteiger partial charge on any atom is 0.246 e. The van der Waals surface area contributed by atoms with Gasteiger partial charge in [0.05, 0.1) is 6.42 Å². The van der Waals surface area contributed by atoms with Gasteiger partial charge in [0.25, 0.3) is 0 Å². The molecule has 27 heavy (non-hydrogen) atoms. The number of hydrogen-bond donors (Lipinski definition) is 1. The Morgan fingerprint density at radius 1 is 1.11 bits per heavy atom. The van der Waals surface area contributed by atoms with Crippen LogP contribution in [0.1, 0.15) is 13.3 Å². The maximum absolute atomic E-state index is 12.8. The van der Waals surface area contributed by atoms with Gasteiger partial charge in [-0.05, 0) is 25.1 Å². The van der Waals surface area contributed by atoms with Crippen LogP contribution < -0.4 is 10.2 Å². The molecule has 7 heteroatoms. The summed E-state index contributed by atoms with van der Waals surface area (Å²) < 4.78 is 0. The minimum atomic E-state index is -0.734. The Balaban J connectivity index is 1.59. The fraction of sp³-hybridized carbons (Fsp3) is 0.450. The molecule has 7 nitrogen and oxygen atoms in total. The van der Waals surface area contributed by atoms with E-state index in [0.29, 0.717) is 26.2 Å². The van der Waals surface area contributed by atoms with Crippen LogP contribution in [-0.4, -0.2) is 72.8 Å². The summed E-state index contributed by atoms with van der Waals surface area (Å²) in [5.41, 5.74) is 1.15. The van der Waals surface area contributed by atoms with Crippen molar-refractivity contribution < 1.29 is 14.4 Å². The molecular formula is C20H26N4O3. The molecule has 1 atom stereocenters. The first kappa shape index (κ1) is 18.9. The van der Waals surface area contributed by atoms with E-state index in [4.69, 9.17) is 0 Å². The number of amides is 3. The van der Waals surface area contributed by atoms with Gasteiger partial charge in [0.15, 0.2) is 0 Å². The zero-order chi connectivity index (χ0) is 19.2. The number of benzene rings is 1. The van der Waals surface area contributed by atoms with Gasteiger partial charge < -0.3 is 20.0 Å². The zero-order valence-electron chi connectivity index (χ0n) is 15.6. The summed E-state index contributed by atoms with van der Waals surface area (Å²) in [6.45, 7) is 5.35. The number of piperazine rings is 2. The second-order valence-corrected chi connectivity index (χ2v) is 6.75. The Labute approximate surface area is 159 Å². The summed E-state index contributed by atoms with van der Waals surface area (Å²) in [4.78, 5) is 42.8. The molecule has 1 N–H and O–H groups in total. The Morgan fingerprint density at radius 3 is 2.48 bits per heavy atom. The van der Waals surface area contributed by atoms with Gasteiger partial charge in [0, 0.05) is 45.0 Å². The molecule has 2 fully saturated rings. The summed E-state index contributed by atoms with van der Waals surface area (Å²) in [7, 11) is 0. The highest BCUT2D eigenvalue weighted by molar-refractivity contribution is 5.96. The van der Waals surface area contributed by atoms with Crippen molar-refractivity contribution >= 4 is 23.4 Å². The number of carbonyl (C=O) groups excluding carboxylic acids is 3. The number of carbonyl (C=O) groups is 3. The van der Waals surface area contributed by atoms with Crippen LogP contribution in [0.15, 0.2) is 42.5 Å². The van der Waals surface area contributed by atoms with Gasteiger partial charge in [-0.15, -0.1) is 0 Å². The molecular weight excluding hydrogens is 344 g/mol. The number of anilines is 1. The van der Waals surface area contributed by atoms with Gasteiger partial charge in [0.2, 0.25) is 17.7 Å². The second kappa shape index (κ2) is 8.70. The molecule has 0 radical (unpaired) electrons. The molecule has 0 bridgehead atoms. The highest BCUT2D eigenvalue weighted by atomic mass is 16.2. The normalized spacial score (nSPS) is 20.7. The van der Waals surface area contributed by atoms with Crippen LogP contribution in [0.25, 0.3) is 0 Å². The predicted molar refractivity (Wildman–Crippen MR) is 103 cm³/mol. The Hall–Kier alpha value is -2.83. The molecule has 0 unspecified atom stereocenters. The Bertz CT molecular complexity index is 711. The van der Waals surface area contributed by atoms with Gasteiger partial charge in [-0.25, -0.2) is 0 Å². The van der Waals surface area contributed by atoms with E-state index in [1.54, 1.807) is 17.9 Å². The van der Waals surface area contributed by atoms with Gasteiger partial charge in [0.1, 0.15) is 6.04 Å². The average Bonchev–Trinajstić information content (AvgIpc) is 2.70. The lowest BCUT2D eigenvalue weighted by molar-refractivity contribution is -0.144. The average molecular weight is 370 g/mol. The summed E-state index contributed by atoms with van der Waals surface area (Å²) in [5, 5.41) is 2.76. The first-order valence-electron chi connectivity index (χ1n) is 9.39. The molecule has 0 saturated carbocycles. The lowest BCUT2D eigenvalue weighted by Crippen LogP contribution is -2.59. The largest absolute Gasteiger partial charge is 0.368 e. The van der Waals surface area contributed by atoms with Crippen molar-refractivity contribution in [3.05, 3.63) is 42.5 Å². The first-order valence-corrected chi connectivity index (χ1v) is 9.39. The van der Waals surface area contributed by atoms with Crippen molar-refractivity contribution in [1.29, 1.82) is 0 Å². The number of para-hydroxylation sites is 1. The lowest BCUT2D eigenvalue weighted by atomic mass is 10.1. The zero-order valence-corrected chi connectivity index (χ0v) is 15.6. The highest BCUT2D eigenvalue weighted by Crippen LogP contribution is 2.17. The molecule has 1 aromatic rings. The van der Waals surface area contributed by atoms with Gasteiger partial charge in [-0.2, -0.15) is 0 Å². The number of hydrogen-bond acceptors (Lipinski definition) is 4. The summed E-state index contributed by atoms with van der Waals surface area (Å²) >= 11 is 0. The van der Waals surface area contributed by atoms with Crippen LogP contribution in [0, 0.1) is 0 Å². The number of nitrogens with one attached hydrogen (secondary N) is 1. The molecule has 3 amide bonds. The minimum absolute atomic E-state index is 0.0282. The van der Waals surface area contributed by atoms with E-state index in [2.05, 4.69) is 22.3 Å². The van der Waals surface area contributed by atoms with Crippen LogP contribution >= 0.6 is 0 Å². The maximum atomic E-state index is 12.8. The topological polar surface area (TPSA) is 73.0 Å². The number of allylic oxidation sites excluding steroid dienone is 1. The van der Waals surface area contributed by atoms with Crippen LogP contribution in [0.5, 0.6) is 0 Å². The fourth-order valence-corrected chi connectivity index (χ4v) is 3.57. The third-order valence-electron chi connectivity index (χ3n) is 5.04. The van der Waals surface area contributed by atoms with Crippen molar-refractivity contribution in [1.82, 2.24) is 15.1 Å². The van der Waals surface area contributed by atoms with Crippen LogP contribution in [0.2, 0.25) is 0 Å². The standard InChI is InChI=1S/C20H26N4O3/c1-2-6-18(25)24-10-9-21-20(27)17(24)15-19(26)23-13-11-22(12-14-23)16-7-4-3-5-8-16/h2-8,17H,9-15H2,1H3,(H,21,27)/b6-2+/t17-/m1/s1. The SMILES string of the molecule is C/C=C/C(=O)N1CCNC(=O)[C@H]1CC(=O)N1CCN(c2ccccc2)CC1. The fourth-order valence-electron chi connectivity index (χ4n) is 3.57. The molecule has 0 aromatic heterocycles. The minimum Gasteiger partial charge on any atom is -0.368 e. The monoisotopic (exact) mass is 370 g/mol. The quantitative estimate of drug-likeness (QED) is 0.789. The first-order chi connectivity index (χ1) is 13.1. The van der Waals surface area contributed by atoms with E-state index in [1.807, 2.05) is 18.2 Å². The summed E-state index contributed by atoms with van der Waals surface area (Å²) in [6.07, 6.45) is 3.12.